The van der Waals surface area contributed by atoms with Crippen LogP contribution in [0, 0.1) is 0 Å². The van der Waals surface area contributed by atoms with E-state index in [4.69, 9.17) is 11.6 Å². The molecule has 0 aliphatic rings. The van der Waals surface area contributed by atoms with Gasteiger partial charge in [0.05, 0.1) is 6.20 Å². The molecular formula is C12H9ClN4. The fourth-order valence-corrected chi connectivity index (χ4v) is 1.82. The number of nitrogens with one attached hydrogen (secondary N) is 1. The summed E-state index contributed by atoms with van der Waals surface area (Å²) in [5, 5.41) is 0.740. The molecule has 5 heteroatoms. The van der Waals surface area contributed by atoms with E-state index >= 15 is 0 Å². The van der Waals surface area contributed by atoms with Gasteiger partial charge in [0.25, 0.3) is 0 Å². The number of hydrogen-bond donors (Lipinski definition) is 1. The number of rotatable bonds is 2. The Bertz CT molecular complexity index is 612. The van der Waals surface area contributed by atoms with Gasteiger partial charge in [-0.05, 0) is 17.7 Å². The summed E-state index contributed by atoms with van der Waals surface area (Å²) >= 11 is 5.84. The van der Waals surface area contributed by atoms with Crippen molar-refractivity contribution in [2.75, 3.05) is 0 Å². The highest BCUT2D eigenvalue weighted by atomic mass is 35.5. The third-order valence-electron chi connectivity index (χ3n) is 2.50. The molecule has 0 amide bonds. The van der Waals surface area contributed by atoms with Crippen molar-refractivity contribution in [3.63, 3.8) is 0 Å². The van der Waals surface area contributed by atoms with Gasteiger partial charge in [-0.15, -0.1) is 0 Å². The van der Waals surface area contributed by atoms with E-state index in [1.54, 1.807) is 6.20 Å². The molecule has 0 aliphatic heterocycles. The van der Waals surface area contributed by atoms with E-state index in [1.165, 1.54) is 6.33 Å². The van der Waals surface area contributed by atoms with Crippen LogP contribution in [-0.4, -0.2) is 19.9 Å². The largest absolute Gasteiger partial charge is 0.339 e. The number of aromatic amines is 1. The summed E-state index contributed by atoms with van der Waals surface area (Å²) in [5.74, 6) is 0.878. The monoisotopic (exact) mass is 244 g/mol. The first-order valence-electron chi connectivity index (χ1n) is 5.20. The quantitative estimate of drug-likeness (QED) is 0.754. The summed E-state index contributed by atoms with van der Waals surface area (Å²) in [6, 6.07) is 7.72. The normalized spacial score (nSPS) is 10.9. The number of H-pyrrole nitrogens is 1. The molecule has 0 atom stereocenters. The van der Waals surface area contributed by atoms with Crippen molar-refractivity contribution in [2.45, 2.75) is 6.42 Å². The second-order valence-electron chi connectivity index (χ2n) is 3.75. The van der Waals surface area contributed by atoms with Crippen LogP contribution in [0.15, 0.2) is 36.8 Å². The molecule has 0 fully saturated rings. The molecule has 0 saturated carbocycles. The van der Waals surface area contributed by atoms with Gasteiger partial charge in [0.2, 0.25) is 0 Å². The van der Waals surface area contributed by atoms with Crippen molar-refractivity contribution < 1.29 is 0 Å². The first-order chi connectivity index (χ1) is 8.31. The summed E-state index contributed by atoms with van der Waals surface area (Å²) < 4.78 is 0. The predicted octanol–water partition coefficient (Wildman–Crippen LogP) is 2.60. The Hall–Kier alpha value is -1.94. The lowest BCUT2D eigenvalue weighted by Gasteiger charge is -1.97. The van der Waals surface area contributed by atoms with Crippen molar-refractivity contribution in [3.8, 4) is 0 Å². The van der Waals surface area contributed by atoms with E-state index in [1.807, 2.05) is 24.3 Å². The van der Waals surface area contributed by atoms with Crippen molar-refractivity contribution in [1.82, 2.24) is 19.9 Å². The first kappa shape index (κ1) is 10.2. The standard InChI is InChI=1S/C12H9ClN4/c13-9-3-1-8(2-4-9)5-11-16-10-6-14-7-15-12(10)17-11/h1-4,6-7H,5H2,(H,14,15,16,17). The highest BCUT2D eigenvalue weighted by Gasteiger charge is 2.04. The minimum Gasteiger partial charge on any atom is -0.339 e. The third kappa shape index (κ3) is 2.12. The third-order valence-corrected chi connectivity index (χ3v) is 2.75. The van der Waals surface area contributed by atoms with Crippen LogP contribution in [0.3, 0.4) is 0 Å². The zero-order valence-electron chi connectivity index (χ0n) is 8.89. The van der Waals surface area contributed by atoms with Crippen LogP contribution in [0.1, 0.15) is 11.4 Å². The molecule has 4 nitrogen and oxygen atoms in total. The molecule has 0 saturated heterocycles. The fourth-order valence-electron chi connectivity index (χ4n) is 1.69. The molecule has 0 unspecified atom stereocenters. The topological polar surface area (TPSA) is 54.5 Å². The summed E-state index contributed by atoms with van der Waals surface area (Å²) in [4.78, 5) is 15.6. The van der Waals surface area contributed by atoms with Gasteiger partial charge in [0, 0.05) is 11.4 Å². The van der Waals surface area contributed by atoms with Crippen LogP contribution >= 0.6 is 11.6 Å². The molecule has 0 radical (unpaired) electrons. The molecule has 2 aromatic heterocycles. The summed E-state index contributed by atoms with van der Waals surface area (Å²) in [6.45, 7) is 0. The van der Waals surface area contributed by atoms with E-state index in [0.717, 1.165) is 28.3 Å². The predicted molar refractivity (Wildman–Crippen MR) is 65.9 cm³/mol. The smallest absolute Gasteiger partial charge is 0.180 e. The molecular weight excluding hydrogens is 236 g/mol. The Balaban J connectivity index is 1.92. The minimum atomic E-state index is 0.698. The van der Waals surface area contributed by atoms with E-state index < -0.39 is 0 Å². The van der Waals surface area contributed by atoms with Crippen LogP contribution in [0.25, 0.3) is 11.2 Å². The number of aromatic nitrogens is 4. The maximum absolute atomic E-state index is 5.84. The summed E-state index contributed by atoms with van der Waals surface area (Å²) in [5.41, 5.74) is 2.71. The highest BCUT2D eigenvalue weighted by Crippen LogP contribution is 2.13. The zero-order valence-corrected chi connectivity index (χ0v) is 9.65. The molecule has 84 valence electrons. The number of benzene rings is 1. The Morgan fingerprint density at radius 2 is 2.00 bits per heavy atom. The molecule has 3 rings (SSSR count). The lowest BCUT2D eigenvalue weighted by Crippen LogP contribution is -1.89. The molecule has 0 bridgehead atoms. The van der Waals surface area contributed by atoms with Gasteiger partial charge in [-0.2, -0.15) is 0 Å². The van der Waals surface area contributed by atoms with Gasteiger partial charge in [0.15, 0.2) is 5.65 Å². The SMILES string of the molecule is Clc1ccc(Cc2nc3ncncc3[nH]2)cc1. The van der Waals surface area contributed by atoms with Crippen LogP contribution in [0.4, 0.5) is 0 Å². The maximum Gasteiger partial charge on any atom is 0.180 e. The summed E-state index contributed by atoms with van der Waals surface area (Å²) in [6.07, 6.45) is 3.95. The lowest BCUT2D eigenvalue weighted by atomic mass is 10.1. The second-order valence-corrected chi connectivity index (χ2v) is 4.18. The zero-order chi connectivity index (χ0) is 11.7. The van der Waals surface area contributed by atoms with Crippen molar-refractivity contribution in [3.05, 3.63) is 53.2 Å². The van der Waals surface area contributed by atoms with Crippen molar-refractivity contribution in [2.24, 2.45) is 0 Å². The van der Waals surface area contributed by atoms with Crippen LogP contribution < -0.4 is 0 Å². The molecule has 1 N–H and O–H groups in total. The molecule has 0 aliphatic carbocycles. The fraction of sp³-hybridized carbons (Fsp3) is 0.0833. The van der Waals surface area contributed by atoms with Gasteiger partial charge in [-0.25, -0.2) is 15.0 Å². The van der Waals surface area contributed by atoms with Gasteiger partial charge in [-0.1, -0.05) is 23.7 Å². The number of fused-ring (bicyclic) bond motifs is 1. The maximum atomic E-state index is 5.84. The van der Waals surface area contributed by atoms with E-state index in [9.17, 15) is 0 Å². The molecule has 1 aromatic carbocycles. The summed E-state index contributed by atoms with van der Waals surface area (Å²) in [7, 11) is 0. The number of hydrogen-bond acceptors (Lipinski definition) is 3. The Morgan fingerprint density at radius 3 is 2.76 bits per heavy atom. The number of imidazole rings is 1. The second kappa shape index (κ2) is 4.14. The van der Waals surface area contributed by atoms with Crippen molar-refractivity contribution in [1.29, 1.82) is 0 Å². The number of nitrogens with zero attached hydrogens (tertiary/aromatic N) is 3. The average molecular weight is 245 g/mol. The van der Waals surface area contributed by atoms with Gasteiger partial charge < -0.3 is 4.98 Å². The van der Waals surface area contributed by atoms with E-state index in [0.29, 0.717) is 5.65 Å². The van der Waals surface area contributed by atoms with Gasteiger partial charge in [0.1, 0.15) is 17.7 Å². The minimum absolute atomic E-state index is 0.698. The molecule has 2 heterocycles. The number of halogens is 1. The van der Waals surface area contributed by atoms with Crippen LogP contribution in [0.5, 0.6) is 0 Å². The van der Waals surface area contributed by atoms with Gasteiger partial charge >= 0.3 is 0 Å². The Kier molecular flexibility index (Phi) is 2.49. The highest BCUT2D eigenvalue weighted by molar-refractivity contribution is 6.30. The Morgan fingerprint density at radius 1 is 1.18 bits per heavy atom. The average Bonchev–Trinajstić information content (AvgIpc) is 2.74. The van der Waals surface area contributed by atoms with Crippen molar-refractivity contribution >= 4 is 22.8 Å². The van der Waals surface area contributed by atoms with Gasteiger partial charge in [-0.3, -0.25) is 0 Å². The van der Waals surface area contributed by atoms with Crippen LogP contribution in [-0.2, 0) is 6.42 Å². The van der Waals surface area contributed by atoms with E-state index in [-0.39, 0.29) is 0 Å². The lowest BCUT2D eigenvalue weighted by molar-refractivity contribution is 1.03. The molecule has 17 heavy (non-hydrogen) atoms. The first-order valence-corrected chi connectivity index (χ1v) is 5.58. The van der Waals surface area contributed by atoms with E-state index in [2.05, 4.69) is 19.9 Å². The molecule has 0 spiro atoms. The molecule has 3 aromatic rings. The Labute approximate surface area is 103 Å². The van der Waals surface area contributed by atoms with Crippen LogP contribution in [0.2, 0.25) is 5.02 Å².